The van der Waals surface area contributed by atoms with Crippen molar-refractivity contribution in [2.45, 2.75) is 38.8 Å². The maximum absolute atomic E-state index is 5.08. The molecule has 1 aliphatic carbocycles. The molecule has 0 fully saturated rings. The van der Waals surface area contributed by atoms with Gasteiger partial charge in [0.2, 0.25) is 5.95 Å². The number of para-hydroxylation sites is 1. The number of rotatable bonds is 6. The summed E-state index contributed by atoms with van der Waals surface area (Å²) in [6.45, 7) is 1.60. The summed E-state index contributed by atoms with van der Waals surface area (Å²) in [6, 6.07) is 21.3. The Labute approximate surface area is 183 Å². The smallest absolute Gasteiger partial charge is 0.236 e. The second-order valence-corrected chi connectivity index (χ2v) is 8.61. The number of nitrogens with one attached hydrogen (secondary N) is 1. The van der Waals surface area contributed by atoms with Crippen molar-refractivity contribution in [2.24, 2.45) is 0 Å². The highest BCUT2D eigenvalue weighted by Crippen LogP contribution is 2.29. The van der Waals surface area contributed by atoms with Crippen LogP contribution in [-0.2, 0) is 25.9 Å². The first kappa shape index (κ1) is 19.8. The average Bonchev–Trinajstić information content (AvgIpc) is 3.15. The lowest BCUT2D eigenvalue weighted by atomic mass is 9.96. The number of hydrogen-bond acceptors (Lipinski definition) is 4. The van der Waals surface area contributed by atoms with Crippen LogP contribution in [0.3, 0.4) is 0 Å². The van der Waals surface area contributed by atoms with Crippen LogP contribution >= 0.6 is 0 Å². The molecule has 0 spiro atoms. The zero-order valence-corrected chi connectivity index (χ0v) is 18.3. The molecule has 0 unspecified atom stereocenters. The molecule has 0 aliphatic heterocycles. The van der Waals surface area contributed by atoms with Gasteiger partial charge < -0.3 is 10.2 Å². The van der Waals surface area contributed by atoms with Crippen molar-refractivity contribution in [3.63, 3.8) is 0 Å². The van der Waals surface area contributed by atoms with Crippen LogP contribution in [0.4, 0.5) is 5.82 Å². The Morgan fingerprint density at radius 3 is 2.55 bits per heavy atom. The molecule has 158 valence electrons. The molecule has 1 aliphatic rings. The van der Waals surface area contributed by atoms with Crippen LogP contribution in [0.5, 0.6) is 0 Å². The Kier molecular flexibility index (Phi) is 5.43. The molecule has 2 aromatic carbocycles. The molecule has 5 heteroatoms. The number of fused-ring (bicyclic) bond motifs is 2. The summed E-state index contributed by atoms with van der Waals surface area (Å²) in [5.74, 6) is 1.76. The monoisotopic (exact) mass is 411 g/mol. The van der Waals surface area contributed by atoms with Crippen molar-refractivity contribution in [2.75, 3.05) is 19.4 Å². The van der Waals surface area contributed by atoms with E-state index < -0.39 is 0 Å². The van der Waals surface area contributed by atoms with Gasteiger partial charge in [-0.15, -0.1) is 0 Å². The van der Waals surface area contributed by atoms with Crippen molar-refractivity contribution in [3.8, 4) is 5.95 Å². The van der Waals surface area contributed by atoms with E-state index >= 15 is 0 Å². The molecular formula is C26H29N5. The molecule has 0 amide bonds. The summed E-state index contributed by atoms with van der Waals surface area (Å²) >= 11 is 0. The van der Waals surface area contributed by atoms with Gasteiger partial charge in [-0.25, -0.2) is 4.98 Å². The van der Waals surface area contributed by atoms with E-state index in [1.807, 2.05) is 0 Å². The highest BCUT2D eigenvalue weighted by molar-refractivity contribution is 5.82. The molecule has 5 nitrogen and oxygen atoms in total. The van der Waals surface area contributed by atoms with E-state index in [2.05, 4.69) is 89.5 Å². The lowest BCUT2D eigenvalue weighted by molar-refractivity contribution is 0.394. The normalized spacial score (nSPS) is 13.5. The molecule has 2 heterocycles. The average molecular weight is 412 g/mol. The van der Waals surface area contributed by atoms with Gasteiger partial charge in [0, 0.05) is 29.7 Å². The lowest BCUT2D eigenvalue weighted by Gasteiger charge is -2.21. The van der Waals surface area contributed by atoms with Gasteiger partial charge in [0.15, 0.2) is 0 Å². The Bertz CT molecular complexity index is 1190. The fourth-order valence-electron chi connectivity index (χ4n) is 4.50. The number of aryl methyl sites for hydroxylation is 1. The topological polar surface area (TPSA) is 46.0 Å². The second kappa shape index (κ2) is 8.52. The van der Waals surface area contributed by atoms with Crippen LogP contribution in [0.15, 0.2) is 60.7 Å². The molecule has 0 atom stereocenters. The summed E-state index contributed by atoms with van der Waals surface area (Å²) in [4.78, 5) is 12.4. The fourth-order valence-corrected chi connectivity index (χ4v) is 4.50. The first-order chi connectivity index (χ1) is 15.2. The Hall–Kier alpha value is -3.18. The summed E-state index contributed by atoms with van der Waals surface area (Å²) in [6.07, 6.45) is 4.46. The third-order valence-electron chi connectivity index (χ3n) is 5.94. The minimum Gasteiger partial charge on any atom is -0.366 e. The van der Waals surface area contributed by atoms with Crippen molar-refractivity contribution in [1.29, 1.82) is 0 Å². The summed E-state index contributed by atoms with van der Waals surface area (Å²) in [5, 5.41) is 4.85. The Morgan fingerprint density at radius 1 is 0.935 bits per heavy atom. The van der Waals surface area contributed by atoms with Crippen molar-refractivity contribution < 1.29 is 0 Å². The van der Waals surface area contributed by atoms with Crippen molar-refractivity contribution >= 4 is 16.7 Å². The van der Waals surface area contributed by atoms with Gasteiger partial charge in [0.25, 0.3) is 0 Å². The SMILES string of the molecule is CN(C)Cc1cc2ccccc2n1-c1nc2c(c(NCc3ccccc3)n1)CCCC2. The Balaban J connectivity index is 1.61. The zero-order chi connectivity index (χ0) is 21.2. The van der Waals surface area contributed by atoms with E-state index in [4.69, 9.17) is 9.97 Å². The maximum atomic E-state index is 5.08. The molecule has 4 aromatic rings. The van der Waals surface area contributed by atoms with Gasteiger partial charge in [0.1, 0.15) is 5.82 Å². The minimum absolute atomic E-state index is 0.765. The fraction of sp³-hybridized carbons (Fsp3) is 0.308. The van der Waals surface area contributed by atoms with E-state index in [1.54, 1.807) is 0 Å². The molecule has 0 radical (unpaired) electrons. The molecule has 0 bridgehead atoms. The number of hydrogen-bond donors (Lipinski definition) is 1. The number of anilines is 1. The summed E-state index contributed by atoms with van der Waals surface area (Å²) in [7, 11) is 4.20. The maximum Gasteiger partial charge on any atom is 0.236 e. The number of nitrogens with zero attached hydrogens (tertiary/aromatic N) is 4. The van der Waals surface area contributed by atoms with Crippen molar-refractivity contribution in [3.05, 3.63) is 83.2 Å². The van der Waals surface area contributed by atoms with Gasteiger partial charge in [-0.05, 0) is 57.5 Å². The molecule has 1 N–H and O–H groups in total. The number of benzene rings is 2. The quantitative estimate of drug-likeness (QED) is 0.486. The van der Waals surface area contributed by atoms with Gasteiger partial charge >= 0.3 is 0 Å². The van der Waals surface area contributed by atoms with Gasteiger partial charge in [-0.1, -0.05) is 48.5 Å². The Morgan fingerprint density at radius 2 is 1.71 bits per heavy atom. The van der Waals surface area contributed by atoms with Gasteiger partial charge in [-0.2, -0.15) is 4.98 Å². The number of aromatic nitrogens is 3. The third kappa shape index (κ3) is 4.06. The highest BCUT2D eigenvalue weighted by Gasteiger charge is 2.21. The summed E-state index contributed by atoms with van der Waals surface area (Å²) in [5.41, 5.74) is 6.10. The van der Waals surface area contributed by atoms with E-state index in [1.165, 1.54) is 40.7 Å². The zero-order valence-electron chi connectivity index (χ0n) is 18.3. The lowest BCUT2D eigenvalue weighted by Crippen LogP contribution is -2.18. The van der Waals surface area contributed by atoms with Crippen LogP contribution in [0.25, 0.3) is 16.9 Å². The van der Waals surface area contributed by atoms with Crippen LogP contribution in [-0.4, -0.2) is 33.5 Å². The standard InChI is InChI=1S/C26H29N5/c1-30(2)18-21-16-20-12-6-9-15-24(20)31(21)26-28-23-14-8-7-13-22(23)25(29-26)27-17-19-10-4-3-5-11-19/h3-6,9-12,15-16H,7-8,13-14,17-18H2,1-2H3,(H,27,28,29). The molecular weight excluding hydrogens is 382 g/mol. The first-order valence-electron chi connectivity index (χ1n) is 11.1. The molecule has 31 heavy (non-hydrogen) atoms. The van der Waals surface area contributed by atoms with Crippen LogP contribution in [0.1, 0.15) is 35.4 Å². The van der Waals surface area contributed by atoms with Crippen molar-refractivity contribution in [1.82, 2.24) is 19.4 Å². The van der Waals surface area contributed by atoms with Crippen LogP contribution < -0.4 is 5.32 Å². The predicted octanol–water partition coefficient (Wildman–Crippen LogP) is 4.97. The summed E-state index contributed by atoms with van der Waals surface area (Å²) < 4.78 is 2.23. The van der Waals surface area contributed by atoms with Gasteiger partial charge in [0.05, 0.1) is 11.2 Å². The predicted molar refractivity (Wildman–Crippen MR) is 127 cm³/mol. The molecule has 2 aromatic heterocycles. The molecule has 5 rings (SSSR count). The van der Waals surface area contributed by atoms with Crippen LogP contribution in [0, 0.1) is 0 Å². The largest absolute Gasteiger partial charge is 0.366 e. The van der Waals surface area contributed by atoms with Gasteiger partial charge in [-0.3, -0.25) is 4.57 Å². The van der Waals surface area contributed by atoms with Crippen LogP contribution in [0.2, 0.25) is 0 Å². The molecule has 0 saturated heterocycles. The second-order valence-electron chi connectivity index (χ2n) is 8.61. The van der Waals surface area contributed by atoms with E-state index in [9.17, 15) is 0 Å². The van der Waals surface area contributed by atoms with E-state index in [0.29, 0.717) is 0 Å². The third-order valence-corrected chi connectivity index (χ3v) is 5.94. The van der Waals surface area contributed by atoms with E-state index in [-0.39, 0.29) is 0 Å². The first-order valence-corrected chi connectivity index (χ1v) is 11.1. The molecule has 0 saturated carbocycles. The van der Waals surface area contributed by atoms with E-state index in [0.717, 1.165) is 43.2 Å². The highest BCUT2D eigenvalue weighted by atomic mass is 15.2. The minimum atomic E-state index is 0.765.